The van der Waals surface area contributed by atoms with Gasteiger partial charge in [0.15, 0.2) is 6.73 Å². The molecule has 6 heteroatoms. The third-order valence-electron chi connectivity index (χ3n) is 7.03. The number of piperidine rings is 1. The summed E-state index contributed by atoms with van der Waals surface area (Å²) in [5.41, 5.74) is 1.78. The van der Waals surface area contributed by atoms with Gasteiger partial charge in [-0.15, -0.1) is 0 Å². The van der Waals surface area contributed by atoms with Gasteiger partial charge in [-0.05, 0) is 49.1 Å². The lowest BCUT2D eigenvalue weighted by molar-refractivity contribution is 0.0132. The van der Waals surface area contributed by atoms with Crippen molar-refractivity contribution >= 4 is 16.7 Å². The average molecular weight is 411 g/mol. The van der Waals surface area contributed by atoms with Crippen molar-refractivity contribution in [2.75, 3.05) is 26.9 Å². The highest BCUT2D eigenvalue weighted by molar-refractivity contribution is 6.06. The second-order valence-corrected chi connectivity index (χ2v) is 8.78. The average Bonchev–Trinajstić information content (AvgIpc) is 3.20. The molecule has 0 unspecified atom stereocenters. The fourth-order valence-corrected chi connectivity index (χ4v) is 5.29. The number of rotatable bonds is 4. The fourth-order valence-electron chi connectivity index (χ4n) is 5.29. The quantitative estimate of drug-likeness (QED) is 0.839. The lowest BCUT2D eigenvalue weighted by Gasteiger charge is -2.36. The molecule has 160 valence electrons. The summed E-state index contributed by atoms with van der Waals surface area (Å²) in [5.74, 6) is 0.661. The minimum Gasteiger partial charge on any atom is -0.472 e. The molecule has 2 aromatic carbocycles. The molecule has 1 amide bonds. The van der Waals surface area contributed by atoms with E-state index in [-0.39, 0.29) is 18.7 Å². The largest absolute Gasteiger partial charge is 0.472 e. The van der Waals surface area contributed by atoms with Crippen LogP contribution in [-0.4, -0.2) is 66.0 Å². The Balaban J connectivity index is 1.48. The second kappa shape index (κ2) is 8.17. The first kappa shape index (κ1) is 19.8. The number of ether oxygens (including phenoxy) is 2. The molecular weight excluding hydrogens is 380 g/mol. The van der Waals surface area contributed by atoms with Crippen molar-refractivity contribution in [3.8, 4) is 5.75 Å². The van der Waals surface area contributed by atoms with Crippen LogP contribution in [0.5, 0.6) is 5.75 Å². The Kier molecular flexibility index (Phi) is 5.39. The predicted octanol–water partition coefficient (Wildman–Crippen LogP) is 3.16. The van der Waals surface area contributed by atoms with E-state index in [0.29, 0.717) is 17.4 Å². The molecule has 1 saturated heterocycles. The second-order valence-electron chi connectivity index (χ2n) is 8.78. The number of aliphatic hydroxyl groups is 1. The lowest BCUT2D eigenvalue weighted by Crippen LogP contribution is -2.48. The minimum atomic E-state index is -0.457. The van der Waals surface area contributed by atoms with Gasteiger partial charge >= 0.3 is 0 Å². The molecule has 3 aliphatic rings. The molecule has 2 atom stereocenters. The van der Waals surface area contributed by atoms with E-state index in [0.717, 1.165) is 68.1 Å². The Hall–Kier alpha value is -2.15. The van der Waals surface area contributed by atoms with Gasteiger partial charge in [-0.3, -0.25) is 14.6 Å². The summed E-state index contributed by atoms with van der Waals surface area (Å²) in [6, 6.07) is 10.1. The summed E-state index contributed by atoms with van der Waals surface area (Å²) in [6.45, 7) is 3.01. The SMILES string of the molecule is COC1CCN(Cc2cc3c(c4ccccc24)OCN([C@H]2CCC[C@@H]2O)C3=O)CC1. The van der Waals surface area contributed by atoms with E-state index < -0.39 is 6.10 Å². The number of hydrogen-bond acceptors (Lipinski definition) is 5. The number of carbonyl (C=O) groups is 1. The van der Waals surface area contributed by atoms with E-state index in [4.69, 9.17) is 9.47 Å². The number of likely N-dealkylation sites (tertiary alicyclic amines) is 1. The van der Waals surface area contributed by atoms with Gasteiger partial charge in [-0.1, -0.05) is 24.3 Å². The first-order chi connectivity index (χ1) is 14.7. The van der Waals surface area contributed by atoms with Crippen LogP contribution < -0.4 is 4.74 Å². The molecule has 0 bridgehead atoms. The zero-order chi connectivity index (χ0) is 20.7. The highest BCUT2D eigenvalue weighted by Gasteiger charge is 2.38. The van der Waals surface area contributed by atoms with Gasteiger partial charge in [0.1, 0.15) is 5.75 Å². The van der Waals surface area contributed by atoms with Crippen molar-refractivity contribution in [2.45, 2.75) is 56.9 Å². The van der Waals surface area contributed by atoms with E-state index in [1.54, 1.807) is 12.0 Å². The van der Waals surface area contributed by atoms with Crippen LogP contribution in [-0.2, 0) is 11.3 Å². The van der Waals surface area contributed by atoms with E-state index in [2.05, 4.69) is 11.0 Å². The molecule has 0 radical (unpaired) electrons. The fraction of sp³-hybridized carbons (Fsp3) is 0.542. The summed E-state index contributed by atoms with van der Waals surface area (Å²) in [4.78, 5) is 17.6. The predicted molar refractivity (Wildman–Crippen MR) is 115 cm³/mol. The lowest BCUT2D eigenvalue weighted by atomic mass is 9.96. The molecule has 0 aromatic heterocycles. The van der Waals surface area contributed by atoms with Gasteiger partial charge in [0.05, 0.1) is 23.8 Å². The summed E-state index contributed by atoms with van der Waals surface area (Å²) < 4.78 is 11.6. The first-order valence-electron chi connectivity index (χ1n) is 11.1. The van der Waals surface area contributed by atoms with E-state index in [1.165, 1.54) is 0 Å². The summed E-state index contributed by atoms with van der Waals surface area (Å²) in [5, 5.41) is 12.5. The van der Waals surface area contributed by atoms with Crippen LogP contribution in [0.25, 0.3) is 10.8 Å². The molecule has 1 N–H and O–H groups in total. The summed E-state index contributed by atoms with van der Waals surface area (Å²) >= 11 is 0. The van der Waals surface area contributed by atoms with Gasteiger partial charge in [-0.25, -0.2) is 0 Å². The Morgan fingerprint density at radius 2 is 1.90 bits per heavy atom. The van der Waals surface area contributed by atoms with Crippen molar-refractivity contribution in [3.05, 3.63) is 41.5 Å². The molecule has 30 heavy (non-hydrogen) atoms. The maximum Gasteiger partial charge on any atom is 0.260 e. The number of aliphatic hydroxyl groups excluding tert-OH is 1. The summed E-state index contributed by atoms with van der Waals surface area (Å²) in [6.07, 6.45) is 4.50. The Morgan fingerprint density at radius 3 is 2.60 bits per heavy atom. The van der Waals surface area contributed by atoms with Crippen LogP contribution >= 0.6 is 0 Å². The normalized spacial score (nSPS) is 25.5. The van der Waals surface area contributed by atoms with Crippen LogP contribution in [0.1, 0.15) is 48.0 Å². The number of carbonyl (C=O) groups excluding carboxylic acids is 1. The van der Waals surface area contributed by atoms with Crippen molar-refractivity contribution in [2.24, 2.45) is 0 Å². The van der Waals surface area contributed by atoms with Gasteiger partial charge < -0.3 is 14.6 Å². The van der Waals surface area contributed by atoms with Crippen molar-refractivity contribution < 1.29 is 19.4 Å². The minimum absolute atomic E-state index is 0.0210. The van der Waals surface area contributed by atoms with Crippen LogP contribution in [0.2, 0.25) is 0 Å². The molecule has 2 aliphatic heterocycles. The van der Waals surface area contributed by atoms with Gasteiger partial charge in [0, 0.05) is 32.1 Å². The highest BCUT2D eigenvalue weighted by Crippen LogP contribution is 2.38. The zero-order valence-electron chi connectivity index (χ0n) is 17.5. The van der Waals surface area contributed by atoms with Crippen molar-refractivity contribution in [3.63, 3.8) is 0 Å². The maximum absolute atomic E-state index is 13.4. The number of methoxy groups -OCH3 is 1. The smallest absolute Gasteiger partial charge is 0.260 e. The third-order valence-corrected chi connectivity index (χ3v) is 7.03. The Labute approximate surface area is 177 Å². The topological polar surface area (TPSA) is 62.2 Å². The molecular formula is C24H30N2O4. The van der Waals surface area contributed by atoms with E-state index in [1.807, 2.05) is 24.3 Å². The van der Waals surface area contributed by atoms with Crippen molar-refractivity contribution in [1.29, 1.82) is 0 Å². The number of nitrogens with zero attached hydrogens (tertiary/aromatic N) is 2. The van der Waals surface area contributed by atoms with Crippen LogP contribution in [0, 0.1) is 0 Å². The molecule has 2 aromatic rings. The molecule has 5 rings (SSSR count). The van der Waals surface area contributed by atoms with Crippen LogP contribution in [0.15, 0.2) is 30.3 Å². The Bertz CT molecular complexity index is 938. The molecule has 0 spiro atoms. The molecule has 2 fully saturated rings. The van der Waals surface area contributed by atoms with Gasteiger partial charge in [-0.2, -0.15) is 0 Å². The van der Waals surface area contributed by atoms with E-state index >= 15 is 0 Å². The Morgan fingerprint density at radius 1 is 1.13 bits per heavy atom. The van der Waals surface area contributed by atoms with Crippen molar-refractivity contribution in [1.82, 2.24) is 9.80 Å². The molecule has 1 saturated carbocycles. The summed E-state index contributed by atoms with van der Waals surface area (Å²) in [7, 11) is 1.79. The zero-order valence-corrected chi connectivity index (χ0v) is 17.5. The molecule has 2 heterocycles. The maximum atomic E-state index is 13.4. The number of benzene rings is 2. The van der Waals surface area contributed by atoms with Crippen LogP contribution in [0.3, 0.4) is 0 Å². The number of amides is 1. The van der Waals surface area contributed by atoms with Gasteiger partial charge in [0.25, 0.3) is 5.91 Å². The molecule has 1 aliphatic carbocycles. The van der Waals surface area contributed by atoms with Gasteiger partial charge in [0.2, 0.25) is 0 Å². The monoisotopic (exact) mass is 410 g/mol. The van der Waals surface area contributed by atoms with Crippen LogP contribution in [0.4, 0.5) is 0 Å². The third kappa shape index (κ3) is 3.47. The molecule has 6 nitrogen and oxygen atoms in total. The standard InChI is InChI=1S/C24H30N2O4/c1-29-17-9-11-25(12-10-17)14-16-13-20-23(19-6-3-2-5-18(16)19)30-15-26(24(20)28)21-7-4-8-22(21)27/h2-3,5-6,13,17,21-22,27H,4,7-12,14-15H2,1H3/t21-,22-/m0/s1. The van der Waals surface area contributed by atoms with E-state index in [9.17, 15) is 9.90 Å². The highest BCUT2D eigenvalue weighted by atomic mass is 16.5. The number of fused-ring (bicyclic) bond motifs is 3. The first-order valence-corrected chi connectivity index (χ1v) is 11.1. The number of hydrogen-bond donors (Lipinski definition) is 1.